The Hall–Kier alpha value is -1.86. The third-order valence-corrected chi connectivity index (χ3v) is 4.47. The van der Waals surface area contributed by atoms with Crippen LogP contribution in [0.2, 0.25) is 0 Å². The number of carbonyl (C=O) groups excluding carboxylic acids is 1. The Morgan fingerprint density at radius 3 is 2.96 bits per heavy atom. The van der Waals surface area contributed by atoms with E-state index in [9.17, 15) is 9.90 Å². The molecule has 1 N–H and O–H groups in total. The van der Waals surface area contributed by atoms with Crippen LogP contribution in [0.3, 0.4) is 0 Å². The lowest BCUT2D eigenvalue weighted by molar-refractivity contribution is -0.169. The molecule has 0 aliphatic carbocycles. The summed E-state index contributed by atoms with van der Waals surface area (Å²) < 4.78 is 13.4. The molecule has 1 unspecified atom stereocenters. The number of benzene rings is 1. The second kappa shape index (κ2) is 6.57. The number of aliphatic hydroxyl groups is 1. The van der Waals surface area contributed by atoms with Crippen LogP contribution in [0, 0.1) is 0 Å². The van der Waals surface area contributed by atoms with Gasteiger partial charge < -0.3 is 14.6 Å². The van der Waals surface area contributed by atoms with E-state index in [4.69, 9.17) is 9.47 Å². The first-order chi connectivity index (χ1) is 11.5. The highest BCUT2D eigenvalue weighted by molar-refractivity contribution is 9.10. The number of esters is 1. The fraction of sp³-hybridized carbons (Fsp3) is 0.412. The summed E-state index contributed by atoms with van der Waals surface area (Å²) in [6.45, 7) is 3.75. The highest BCUT2D eigenvalue weighted by Crippen LogP contribution is 2.35. The van der Waals surface area contributed by atoms with E-state index in [1.807, 2.05) is 31.2 Å². The number of carbonyl (C=O) groups is 1. The van der Waals surface area contributed by atoms with E-state index in [0.717, 1.165) is 21.4 Å². The van der Waals surface area contributed by atoms with Gasteiger partial charge in [0.1, 0.15) is 6.61 Å². The zero-order valence-electron chi connectivity index (χ0n) is 13.6. The maximum atomic E-state index is 12.1. The minimum Gasteiger partial charge on any atom is -0.474 e. The summed E-state index contributed by atoms with van der Waals surface area (Å²) in [7, 11) is 0. The first-order valence-electron chi connectivity index (χ1n) is 7.87. The van der Waals surface area contributed by atoms with Crippen LogP contribution in [0.25, 0.3) is 5.69 Å². The summed E-state index contributed by atoms with van der Waals surface area (Å²) in [5, 5.41) is 15.2. The molecular formula is C17H19BrN2O4. The molecule has 0 spiro atoms. The predicted octanol–water partition coefficient (Wildman–Crippen LogP) is 2.43. The SMILES string of the molecule is CCOC(=O)C1(O)COc2c(c(CC)nn2-c2cccc(Br)c2)C1. The Balaban J connectivity index is 2.02. The van der Waals surface area contributed by atoms with Crippen LogP contribution >= 0.6 is 15.9 Å². The van der Waals surface area contributed by atoms with Crippen LogP contribution in [-0.4, -0.2) is 39.7 Å². The third-order valence-electron chi connectivity index (χ3n) is 3.98. The smallest absolute Gasteiger partial charge is 0.342 e. The van der Waals surface area contributed by atoms with E-state index in [1.54, 1.807) is 11.6 Å². The molecule has 1 aliphatic rings. The molecule has 1 aromatic carbocycles. The van der Waals surface area contributed by atoms with Gasteiger partial charge in [0.15, 0.2) is 0 Å². The lowest BCUT2D eigenvalue weighted by Crippen LogP contribution is -2.50. The van der Waals surface area contributed by atoms with Gasteiger partial charge in [0.05, 0.1) is 18.0 Å². The largest absolute Gasteiger partial charge is 0.474 e. The Kier molecular flexibility index (Phi) is 4.64. The van der Waals surface area contributed by atoms with Crippen LogP contribution in [0.5, 0.6) is 5.88 Å². The lowest BCUT2D eigenvalue weighted by atomic mass is 9.92. The minimum absolute atomic E-state index is 0.137. The second-order valence-electron chi connectivity index (χ2n) is 5.69. The standard InChI is InChI=1S/C17H19BrN2O4/c1-3-14-13-9-17(22,16(21)23-4-2)10-24-15(13)20(19-14)12-7-5-6-11(18)8-12/h5-8,22H,3-4,9-10H2,1-2H3. The van der Waals surface area contributed by atoms with Crippen molar-refractivity contribution in [2.24, 2.45) is 0 Å². The molecule has 0 fully saturated rings. The van der Waals surface area contributed by atoms with Crippen LogP contribution < -0.4 is 4.74 Å². The molecule has 2 aromatic rings. The summed E-state index contributed by atoms with van der Waals surface area (Å²) in [5.41, 5.74) is 0.728. The number of halogens is 1. The lowest BCUT2D eigenvalue weighted by Gasteiger charge is -2.30. The van der Waals surface area contributed by atoms with Gasteiger partial charge in [0.2, 0.25) is 11.5 Å². The van der Waals surface area contributed by atoms with E-state index in [1.165, 1.54) is 0 Å². The van der Waals surface area contributed by atoms with Gasteiger partial charge in [-0.2, -0.15) is 5.10 Å². The molecule has 3 rings (SSSR count). The number of rotatable bonds is 4. The summed E-state index contributed by atoms with van der Waals surface area (Å²) in [6, 6.07) is 7.70. The molecule has 0 radical (unpaired) electrons. The van der Waals surface area contributed by atoms with Gasteiger partial charge in [-0.3, -0.25) is 0 Å². The van der Waals surface area contributed by atoms with E-state index in [0.29, 0.717) is 12.3 Å². The molecule has 0 saturated carbocycles. The first-order valence-corrected chi connectivity index (χ1v) is 8.67. The second-order valence-corrected chi connectivity index (χ2v) is 6.61. The van der Waals surface area contributed by atoms with Crippen LogP contribution in [0.4, 0.5) is 0 Å². The number of aromatic nitrogens is 2. The molecule has 24 heavy (non-hydrogen) atoms. The van der Waals surface area contributed by atoms with Crippen molar-refractivity contribution in [3.63, 3.8) is 0 Å². The van der Waals surface area contributed by atoms with Crippen molar-refractivity contribution in [3.8, 4) is 11.6 Å². The van der Waals surface area contributed by atoms with Gasteiger partial charge in [-0.25, -0.2) is 9.48 Å². The number of ether oxygens (including phenoxy) is 2. The van der Waals surface area contributed by atoms with E-state index in [-0.39, 0.29) is 19.6 Å². The van der Waals surface area contributed by atoms with Crippen molar-refractivity contribution < 1.29 is 19.4 Å². The van der Waals surface area contributed by atoms with E-state index >= 15 is 0 Å². The van der Waals surface area contributed by atoms with Crippen molar-refractivity contribution in [3.05, 3.63) is 40.0 Å². The monoisotopic (exact) mass is 394 g/mol. The molecule has 2 heterocycles. The molecule has 128 valence electrons. The van der Waals surface area contributed by atoms with E-state index < -0.39 is 11.6 Å². The average molecular weight is 395 g/mol. The van der Waals surface area contributed by atoms with Crippen molar-refractivity contribution in [2.75, 3.05) is 13.2 Å². The van der Waals surface area contributed by atoms with Crippen LogP contribution in [0.1, 0.15) is 25.1 Å². The fourth-order valence-electron chi connectivity index (χ4n) is 2.80. The van der Waals surface area contributed by atoms with Gasteiger partial charge >= 0.3 is 5.97 Å². The Labute approximate surface area is 148 Å². The molecule has 0 saturated heterocycles. The van der Waals surface area contributed by atoms with Gasteiger partial charge in [-0.15, -0.1) is 0 Å². The maximum absolute atomic E-state index is 12.1. The van der Waals surface area contributed by atoms with Crippen molar-refractivity contribution in [2.45, 2.75) is 32.3 Å². The van der Waals surface area contributed by atoms with Gasteiger partial charge in [0.25, 0.3) is 0 Å². The van der Waals surface area contributed by atoms with Crippen molar-refractivity contribution in [1.29, 1.82) is 0 Å². The van der Waals surface area contributed by atoms with Gasteiger partial charge in [-0.05, 0) is 31.5 Å². The Bertz CT molecular complexity index is 774. The molecule has 7 heteroatoms. The summed E-state index contributed by atoms with van der Waals surface area (Å²) in [4.78, 5) is 12.1. The number of nitrogens with zero attached hydrogens (tertiary/aromatic N) is 2. The fourth-order valence-corrected chi connectivity index (χ4v) is 3.19. The summed E-state index contributed by atoms with van der Waals surface area (Å²) in [6.07, 6.45) is 0.809. The quantitative estimate of drug-likeness (QED) is 0.806. The first kappa shape index (κ1) is 17.0. The minimum atomic E-state index is -1.67. The molecule has 0 amide bonds. The molecule has 0 bridgehead atoms. The number of hydrogen-bond acceptors (Lipinski definition) is 5. The van der Waals surface area contributed by atoms with Crippen molar-refractivity contribution in [1.82, 2.24) is 9.78 Å². The highest BCUT2D eigenvalue weighted by atomic mass is 79.9. The number of aryl methyl sites for hydroxylation is 1. The van der Waals surface area contributed by atoms with Gasteiger partial charge in [-0.1, -0.05) is 28.9 Å². The van der Waals surface area contributed by atoms with Crippen molar-refractivity contribution >= 4 is 21.9 Å². The molecule has 1 aliphatic heterocycles. The Morgan fingerprint density at radius 2 is 2.29 bits per heavy atom. The van der Waals surface area contributed by atoms with E-state index in [2.05, 4.69) is 21.0 Å². The maximum Gasteiger partial charge on any atom is 0.342 e. The average Bonchev–Trinajstić information content (AvgIpc) is 2.92. The zero-order valence-corrected chi connectivity index (χ0v) is 15.2. The summed E-state index contributed by atoms with van der Waals surface area (Å²) in [5.74, 6) is -0.0909. The topological polar surface area (TPSA) is 73.6 Å². The normalized spacial score (nSPS) is 19.5. The van der Waals surface area contributed by atoms with Crippen LogP contribution in [-0.2, 0) is 22.4 Å². The van der Waals surface area contributed by atoms with Crippen LogP contribution in [0.15, 0.2) is 28.7 Å². The predicted molar refractivity (Wildman–Crippen MR) is 91.4 cm³/mol. The highest BCUT2D eigenvalue weighted by Gasteiger charge is 2.45. The summed E-state index contributed by atoms with van der Waals surface area (Å²) >= 11 is 3.45. The molecule has 1 aromatic heterocycles. The molecule has 1 atom stereocenters. The number of hydrogen-bond donors (Lipinski definition) is 1. The zero-order chi connectivity index (χ0) is 17.3. The molecule has 6 nitrogen and oxygen atoms in total. The Morgan fingerprint density at radius 1 is 1.50 bits per heavy atom. The molecular weight excluding hydrogens is 376 g/mol. The number of fused-ring (bicyclic) bond motifs is 1. The third kappa shape index (κ3) is 2.93. The van der Waals surface area contributed by atoms with Gasteiger partial charge in [0, 0.05) is 16.5 Å².